The number of fused-ring (bicyclic) bond motifs is 2. The molecule has 0 radical (unpaired) electrons. The molecule has 0 aromatic rings. The summed E-state index contributed by atoms with van der Waals surface area (Å²) in [4.78, 5) is 12.1. The highest BCUT2D eigenvalue weighted by molar-refractivity contribution is 5.84. The van der Waals surface area contributed by atoms with Crippen LogP contribution >= 0.6 is 0 Å². The van der Waals surface area contributed by atoms with Gasteiger partial charge in [0.25, 0.3) is 0 Å². The molecule has 0 N–H and O–H groups in total. The standard InChI is InChI=1S/C17H28O2/c1-16(2)11-8-9-17(16,3)13(10-11)12-6-5-7-14(18)15(12)19-4/h11-13,15H,5-10H2,1-4H3/t11-,12?,13+,15?,17+/m1/s1. The minimum Gasteiger partial charge on any atom is -0.373 e. The van der Waals surface area contributed by atoms with Gasteiger partial charge in [-0.2, -0.15) is 0 Å². The highest BCUT2D eigenvalue weighted by Gasteiger charge is 2.63. The lowest BCUT2D eigenvalue weighted by molar-refractivity contribution is -0.139. The van der Waals surface area contributed by atoms with E-state index in [9.17, 15) is 4.79 Å². The number of Topliss-reactive ketones (excluding diaryl/α,β-unsaturated/α-hetero) is 1. The van der Waals surface area contributed by atoms with E-state index in [-0.39, 0.29) is 6.10 Å². The summed E-state index contributed by atoms with van der Waals surface area (Å²) in [5.74, 6) is 2.37. The number of ketones is 1. The Morgan fingerprint density at radius 3 is 2.47 bits per heavy atom. The van der Waals surface area contributed by atoms with E-state index >= 15 is 0 Å². The van der Waals surface area contributed by atoms with Crippen LogP contribution in [0, 0.1) is 28.6 Å². The first-order valence-corrected chi connectivity index (χ1v) is 7.97. The van der Waals surface area contributed by atoms with Gasteiger partial charge in [-0.25, -0.2) is 0 Å². The average molecular weight is 264 g/mol. The molecular formula is C17H28O2. The predicted octanol–water partition coefficient (Wildman–Crippen LogP) is 3.83. The molecule has 3 fully saturated rings. The first-order chi connectivity index (χ1) is 8.91. The molecule has 0 aliphatic heterocycles. The molecule has 0 heterocycles. The molecule has 19 heavy (non-hydrogen) atoms. The zero-order valence-electron chi connectivity index (χ0n) is 12.9. The van der Waals surface area contributed by atoms with E-state index in [2.05, 4.69) is 20.8 Å². The van der Waals surface area contributed by atoms with Gasteiger partial charge in [0.05, 0.1) is 0 Å². The lowest BCUT2D eigenvalue weighted by Crippen LogP contribution is -2.45. The predicted molar refractivity (Wildman–Crippen MR) is 75.9 cm³/mol. The van der Waals surface area contributed by atoms with Gasteiger partial charge in [-0.05, 0) is 60.7 Å². The third-order valence-electron chi connectivity index (χ3n) is 7.30. The fourth-order valence-electron chi connectivity index (χ4n) is 5.68. The number of hydrogen-bond donors (Lipinski definition) is 0. The molecule has 5 atom stereocenters. The lowest BCUT2D eigenvalue weighted by Gasteiger charge is -2.45. The zero-order chi connectivity index (χ0) is 13.8. The van der Waals surface area contributed by atoms with Gasteiger partial charge in [0.1, 0.15) is 6.10 Å². The van der Waals surface area contributed by atoms with Gasteiger partial charge < -0.3 is 4.74 Å². The Morgan fingerprint density at radius 1 is 1.21 bits per heavy atom. The van der Waals surface area contributed by atoms with Crippen molar-refractivity contribution >= 4 is 5.78 Å². The maximum Gasteiger partial charge on any atom is 0.161 e. The van der Waals surface area contributed by atoms with Crippen LogP contribution in [0.1, 0.15) is 59.3 Å². The summed E-state index contributed by atoms with van der Waals surface area (Å²) in [5, 5.41) is 0. The Morgan fingerprint density at radius 2 is 1.95 bits per heavy atom. The fourth-order valence-corrected chi connectivity index (χ4v) is 5.68. The van der Waals surface area contributed by atoms with Crippen molar-refractivity contribution in [3.63, 3.8) is 0 Å². The van der Waals surface area contributed by atoms with Crippen molar-refractivity contribution in [2.75, 3.05) is 7.11 Å². The van der Waals surface area contributed by atoms with E-state index in [4.69, 9.17) is 4.74 Å². The van der Waals surface area contributed by atoms with Crippen LogP contribution < -0.4 is 0 Å². The Hall–Kier alpha value is -0.370. The van der Waals surface area contributed by atoms with Crippen molar-refractivity contribution < 1.29 is 9.53 Å². The van der Waals surface area contributed by atoms with Crippen LogP contribution in [0.15, 0.2) is 0 Å². The molecule has 0 spiro atoms. The van der Waals surface area contributed by atoms with E-state index in [0.29, 0.717) is 28.4 Å². The molecule has 0 aromatic carbocycles. The second kappa shape index (κ2) is 4.31. The normalized spacial score (nSPS) is 48.7. The monoisotopic (exact) mass is 264 g/mol. The van der Waals surface area contributed by atoms with Crippen LogP contribution in [0.4, 0.5) is 0 Å². The van der Waals surface area contributed by atoms with Crippen LogP contribution in [-0.2, 0) is 9.53 Å². The Balaban J connectivity index is 1.89. The van der Waals surface area contributed by atoms with Crippen LogP contribution in [0.25, 0.3) is 0 Å². The summed E-state index contributed by atoms with van der Waals surface area (Å²) >= 11 is 0. The lowest BCUT2D eigenvalue weighted by atomic mass is 9.60. The summed E-state index contributed by atoms with van der Waals surface area (Å²) < 4.78 is 5.60. The molecule has 3 aliphatic carbocycles. The van der Waals surface area contributed by atoms with Crippen molar-refractivity contribution in [2.24, 2.45) is 28.6 Å². The molecule has 3 aliphatic rings. The summed E-state index contributed by atoms with van der Waals surface area (Å²) in [6.45, 7) is 7.39. The molecule has 2 unspecified atom stereocenters. The molecule has 2 heteroatoms. The quantitative estimate of drug-likeness (QED) is 0.757. The topological polar surface area (TPSA) is 26.3 Å². The first-order valence-electron chi connectivity index (χ1n) is 7.97. The van der Waals surface area contributed by atoms with E-state index in [1.54, 1.807) is 7.11 Å². The molecule has 2 nitrogen and oxygen atoms in total. The highest BCUT2D eigenvalue weighted by atomic mass is 16.5. The summed E-state index contributed by atoms with van der Waals surface area (Å²) in [7, 11) is 1.72. The third kappa shape index (κ3) is 1.68. The van der Waals surface area contributed by atoms with Crippen LogP contribution in [0.2, 0.25) is 0 Å². The Labute approximate surface area is 117 Å². The number of carbonyl (C=O) groups excluding carboxylic acids is 1. The Kier molecular flexibility index (Phi) is 3.09. The summed E-state index contributed by atoms with van der Waals surface area (Å²) in [6.07, 6.45) is 6.92. The van der Waals surface area contributed by atoms with Crippen molar-refractivity contribution in [3.8, 4) is 0 Å². The maximum absolute atomic E-state index is 12.1. The molecule has 3 rings (SSSR count). The fraction of sp³-hybridized carbons (Fsp3) is 0.941. The number of carbonyl (C=O) groups is 1. The molecule has 0 amide bonds. The average Bonchev–Trinajstić information content (AvgIpc) is 2.70. The second-order valence-electron chi connectivity index (χ2n) is 7.90. The molecule has 3 saturated carbocycles. The van der Waals surface area contributed by atoms with E-state index in [1.807, 2.05) is 0 Å². The molecule has 2 bridgehead atoms. The van der Waals surface area contributed by atoms with Crippen molar-refractivity contribution in [2.45, 2.75) is 65.4 Å². The summed E-state index contributed by atoms with van der Waals surface area (Å²) in [6, 6.07) is 0. The minimum absolute atomic E-state index is 0.120. The van der Waals surface area contributed by atoms with Crippen LogP contribution in [-0.4, -0.2) is 19.0 Å². The van der Waals surface area contributed by atoms with Gasteiger partial charge in [-0.3, -0.25) is 4.79 Å². The number of ether oxygens (including phenoxy) is 1. The van der Waals surface area contributed by atoms with Crippen LogP contribution in [0.3, 0.4) is 0 Å². The highest BCUT2D eigenvalue weighted by Crippen LogP contribution is 2.70. The first kappa shape index (κ1) is 13.6. The summed E-state index contributed by atoms with van der Waals surface area (Å²) in [5.41, 5.74) is 0.854. The largest absolute Gasteiger partial charge is 0.373 e. The zero-order valence-corrected chi connectivity index (χ0v) is 12.9. The van der Waals surface area contributed by atoms with E-state index in [1.165, 1.54) is 25.7 Å². The van der Waals surface area contributed by atoms with E-state index in [0.717, 1.165) is 18.8 Å². The maximum atomic E-state index is 12.1. The molecule has 0 aromatic heterocycles. The number of rotatable bonds is 2. The van der Waals surface area contributed by atoms with Gasteiger partial charge in [0.15, 0.2) is 5.78 Å². The van der Waals surface area contributed by atoms with Gasteiger partial charge in [-0.1, -0.05) is 20.8 Å². The minimum atomic E-state index is -0.120. The number of methoxy groups -OCH3 is 1. The SMILES string of the molecule is COC1C(=O)CCCC1[C@@H]1C[C@H]2CC[C@]1(C)C2(C)C. The van der Waals surface area contributed by atoms with Crippen molar-refractivity contribution in [3.05, 3.63) is 0 Å². The molecule has 108 valence electrons. The van der Waals surface area contributed by atoms with Gasteiger partial charge in [-0.15, -0.1) is 0 Å². The Bertz CT molecular complexity index is 387. The van der Waals surface area contributed by atoms with Gasteiger partial charge >= 0.3 is 0 Å². The molecule has 0 saturated heterocycles. The second-order valence-corrected chi connectivity index (χ2v) is 7.90. The molecular weight excluding hydrogens is 236 g/mol. The smallest absolute Gasteiger partial charge is 0.161 e. The van der Waals surface area contributed by atoms with E-state index < -0.39 is 0 Å². The van der Waals surface area contributed by atoms with Gasteiger partial charge in [0.2, 0.25) is 0 Å². The van der Waals surface area contributed by atoms with Gasteiger partial charge in [0, 0.05) is 13.5 Å². The van der Waals surface area contributed by atoms with Crippen molar-refractivity contribution in [1.29, 1.82) is 0 Å². The third-order valence-corrected chi connectivity index (χ3v) is 7.30. The number of hydrogen-bond acceptors (Lipinski definition) is 2. The van der Waals surface area contributed by atoms with Crippen LogP contribution in [0.5, 0.6) is 0 Å². The van der Waals surface area contributed by atoms with Crippen molar-refractivity contribution in [1.82, 2.24) is 0 Å².